The summed E-state index contributed by atoms with van der Waals surface area (Å²) in [5.41, 5.74) is 4.68. The second kappa shape index (κ2) is 20.4. The molecule has 0 radical (unpaired) electrons. The number of amides is 3. The zero-order valence-corrected chi connectivity index (χ0v) is 32.8. The molecule has 58 heavy (non-hydrogen) atoms. The summed E-state index contributed by atoms with van der Waals surface area (Å²) < 4.78 is 5.76. The molecule has 0 spiro atoms. The molecule has 0 saturated carbocycles. The van der Waals surface area contributed by atoms with Crippen molar-refractivity contribution in [3.05, 3.63) is 125 Å². The number of phenols is 1. The fourth-order valence-corrected chi connectivity index (χ4v) is 7.22. The predicted molar refractivity (Wildman–Crippen MR) is 226 cm³/mol. The van der Waals surface area contributed by atoms with Crippen molar-refractivity contribution in [3.8, 4) is 16.9 Å². The number of carbonyl (C=O) groups is 3. The number of aliphatic hydroxyl groups is 1. The highest BCUT2D eigenvalue weighted by molar-refractivity contribution is 5.92. The molecule has 0 unspecified atom stereocenters. The second-order valence-electron chi connectivity index (χ2n) is 14.6. The number of unbranched alkanes of at least 4 members (excludes halogenated alkanes) is 1. The standard InChI is InChI=1S/C45H52N6O7/c1-50(43(56)24-28-51-26-22-33(23-27-51)58-45(57)48-38-16-8-6-14-34(38)31-11-3-2-4-12-31)25-10-9-17-41(54)47-37-15-7-5-13-32(37)29-46-30-40(53)35-18-20-39(52)44-36(35)19-21-42(55)49-44/h2-8,11-16,18-21,33,40,46,52-53H,9-10,17,22-30H2,1H3,(H,47,54)(H,48,57)(H,49,55)/t40-/m0/s1. The monoisotopic (exact) mass is 788 g/mol. The van der Waals surface area contributed by atoms with E-state index in [1.54, 1.807) is 24.1 Å². The Balaban J connectivity index is 0.847. The number of nitrogens with one attached hydrogen (secondary N) is 4. The van der Waals surface area contributed by atoms with Gasteiger partial charge in [0.05, 0.1) is 17.3 Å². The Hall–Kier alpha value is -6.02. The first-order valence-electron chi connectivity index (χ1n) is 19.8. The lowest BCUT2D eigenvalue weighted by Crippen LogP contribution is -2.40. The molecule has 13 heteroatoms. The van der Waals surface area contributed by atoms with Crippen molar-refractivity contribution in [1.82, 2.24) is 20.1 Å². The van der Waals surface area contributed by atoms with Crippen LogP contribution in [0.5, 0.6) is 5.75 Å². The summed E-state index contributed by atoms with van der Waals surface area (Å²) in [7, 11) is 1.79. The van der Waals surface area contributed by atoms with Gasteiger partial charge in [0, 0.05) is 81.9 Å². The van der Waals surface area contributed by atoms with Crippen molar-refractivity contribution >= 4 is 40.2 Å². The minimum atomic E-state index is -0.907. The van der Waals surface area contributed by atoms with Crippen LogP contribution in [0.25, 0.3) is 22.0 Å². The van der Waals surface area contributed by atoms with Gasteiger partial charge in [-0.3, -0.25) is 19.7 Å². The topological polar surface area (TPSA) is 176 Å². The van der Waals surface area contributed by atoms with Crippen LogP contribution in [0, 0.1) is 0 Å². The predicted octanol–water partition coefficient (Wildman–Crippen LogP) is 6.39. The molecule has 1 aromatic heterocycles. The molecule has 304 valence electrons. The number of H-pyrrole nitrogens is 1. The number of benzene rings is 4. The molecule has 0 aliphatic carbocycles. The largest absolute Gasteiger partial charge is 0.506 e. The number of fused-ring (bicyclic) bond motifs is 1. The normalized spacial score (nSPS) is 13.8. The number of ether oxygens (including phenoxy) is 1. The highest BCUT2D eigenvalue weighted by Gasteiger charge is 2.24. The van der Waals surface area contributed by atoms with E-state index >= 15 is 0 Å². The van der Waals surface area contributed by atoms with E-state index in [2.05, 4.69) is 25.8 Å². The smallest absolute Gasteiger partial charge is 0.411 e. The number of nitrogens with zero attached hydrogens (tertiary/aromatic N) is 2. The second-order valence-corrected chi connectivity index (χ2v) is 14.6. The number of aliphatic hydroxyl groups excluding tert-OH is 1. The van der Waals surface area contributed by atoms with E-state index in [1.165, 1.54) is 12.1 Å². The number of likely N-dealkylation sites (tertiary alicyclic amines) is 1. The summed E-state index contributed by atoms with van der Waals surface area (Å²) in [5.74, 6) is -0.133. The molecule has 1 saturated heterocycles. The summed E-state index contributed by atoms with van der Waals surface area (Å²) in [6, 6.07) is 31.0. The Kier molecular flexibility index (Phi) is 14.6. The molecule has 13 nitrogen and oxygen atoms in total. The summed E-state index contributed by atoms with van der Waals surface area (Å²) in [4.78, 5) is 56.8. The van der Waals surface area contributed by atoms with E-state index in [1.807, 2.05) is 78.9 Å². The molecule has 6 rings (SSSR count). The minimum Gasteiger partial charge on any atom is -0.506 e. The first-order valence-corrected chi connectivity index (χ1v) is 19.8. The zero-order chi connectivity index (χ0) is 40.9. The number of anilines is 2. The lowest BCUT2D eigenvalue weighted by atomic mass is 10.0. The number of aromatic amines is 1. The summed E-state index contributed by atoms with van der Waals surface area (Å²) >= 11 is 0. The van der Waals surface area contributed by atoms with Crippen LogP contribution in [-0.2, 0) is 20.9 Å². The SMILES string of the molecule is CN(CCCCC(=O)Nc1ccccc1CNC[C@H](O)c1ccc(O)c2[nH]c(=O)ccc12)C(=O)CCN1CCC(OC(=O)Nc2ccccc2-c2ccccc2)CC1. The number of phenolic OH excluding ortho intramolecular Hbond substituents is 1. The highest BCUT2D eigenvalue weighted by atomic mass is 16.6. The number of piperidine rings is 1. The van der Waals surface area contributed by atoms with Crippen LogP contribution in [0.3, 0.4) is 0 Å². The molecule has 1 atom stereocenters. The zero-order valence-electron chi connectivity index (χ0n) is 32.8. The van der Waals surface area contributed by atoms with Crippen molar-refractivity contribution < 1.29 is 29.3 Å². The molecule has 0 bridgehead atoms. The third-order valence-electron chi connectivity index (χ3n) is 10.5. The number of aromatic nitrogens is 1. The lowest BCUT2D eigenvalue weighted by molar-refractivity contribution is -0.130. The number of rotatable bonds is 17. The first kappa shape index (κ1) is 41.6. The molecular weight excluding hydrogens is 737 g/mol. The van der Waals surface area contributed by atoms with Gasteiger partial charge in [0.1, 0.15) is 11.9 Å². The molecule has 3 amide bonds. The Morgan fingerprint density at radius 2 is 1.59 bits per heavy atom. The molecular formula is C45H52N6O7. The molecule has 1 aliphatic heterocycles. The Morgan fingerprint density at radius 1 is 0.862 bits per heavy atom. The first-order chi connectivity index (χ1) is 28.1. The van der Waals surface area contributed by atoms with E-state index in [9.17, 15) is 29.4 Å². The van der Waals surface area contributed by atoms with Gasteiger partial charge in [-0.25, -0.2) is 4.79 Å². The van der Waals surface area contributed by atoms with Gasteiger partial charge in [0.15, 0.2) is 0 Å². The van der Waals surface area contributed by atoms with Crippen molar-refractivity contribution in [2.45, 2.75) is 57.3 Å². The van der Waals surface area contributed by atoms with Gasteiger partial charge in [-0.15, -0.1) is 0 Å². The van der Waals surface area contributed by atoms with E-state index in [4.69, 9.17) is 4.74 Å². The number of hydrogen-bond acceptors (Lipinski definition) is 9. The van der Waals surface area contributed by atoms with E-state index in [0.29, 0.717) is 80.5 Å². The van der Waals surface area contributed by atoms with Gasteiger partial charge < -0.3 is 40.4 Å². The summed E-state index contributed by atoms with van der Waals surface area (Å²) in [5, 5.41) is 30.8. The van der Waals surface area contributed by atoms with Crippen LogP contribution in [0.4, 0.5) is 16.2 Å². The molecule has 1 fully saturated rings. The number of hydrogen-bond donors (Lipinski definition) is 6. The van der Waals surface area contributed by atoms with Crippen LogP contribution in [0.15, 0.2) is 108 Å². The van der Waals surface area contributed by atoms with Gasteiger partial charge >= 0.3 is 6.09 Å². The average molecular weight is 789 g/mol. The van der Waals surface area contributed by atoms with E-state index in [0.717, 1.165) is 29.8 Å². The Bertz CT molecular complexity index is 2220. The van der Waals surface area contributed by atoms with E-state index in [-0.39, 0.29) is 41.3 Å². The Labute approximate surface area is 338 Å². The van der Waals surface area contributed by atoms with Crippen LogP contribution in [-0.4, -0.2) is 88.8 Å². The third-order valence-corrected chi connectivity index (χ3v) is 10.5. The highest BCUT2D eigenvalue weighted by Crippen LogP contribution is 2.30. The maximum atomic E-state index is 12.9. The van der Waals surface area contributed by atoms with Gasteiger partial charge in [-0.2, -0.15) is 0 Å². The summed E-state index contributed by atoms with van der Waals surface area (Å²) in [6.07, 6.45) is 1.87. The minimum absolute atomic E-state index is 0.0550. The van der Waals surface area contributed by atoms with Gasteiger partial charge in [-0.05, 0) is 66.6 Å². The van der Waals surface area contributed by atoms with Crippen molar-refractivity contribution in [2.75, 3.05) is 50.4 Å². The van der Waals surface area contributed by atoms with Crippen LogP contribution < -0.4 is 21.5 Å². The van der Waals surface area contributed by atoms with Crippen molar-refractivity contribution in [2.24, 2.45) is 0 Å². The fraction of sp³-hybridized carbons (Fsp3) is 0.333. The van der Waals surface area contributed by atoms with E-state index < -0.39 is 12.2 Å². The molecule has 1 aliphatic rings. The van der Waals surface area contributed by atoms with Crippen LogP contribution >= 0.6 is 0 Å². The molecule has 5 aromatic rings. The molecule has 4 aromatic carbocycles. The van der Waals surface area contributed by atoms with Crippen molar-refractivity contribution in [3.63, 3.8) is 0 Å². The maximum absolute atomic E-state index is 12.9. The fourth-order valence-electron chi connectivity index (χ4n) is 7.22. The van der Waals surface area contributed by atoms with Gasteiger partial charge in [0.25, 0.3) is 0 Å². The maximum Gasteiger partial charge on any atom is 0.411 e. The number of carbonyl (C=O) groups excluding carboxylic acids is 3. The Morgan fingerprint density at radius 3 is 2.38 bits per heavy atom. The lowest BCUT2D eigenvalue weighted by Gasteiger charge is -2.31. The summed E-state index contributed by atoms with van der Waals surface area (Å²) in [6.45, 7) is 3.27. The van der Waals surface area contributed by atoms with Gasteiger partial charge in [-0.1, -0.05) is 72.8 Å². The van der Waals surface area contributed by atoms with Crippen LogP contribution in [0.1, 0.15) is 55.8 Å². The number of aromatic hydroxyl groups is 1. The number of pyridine rings is 1. The molecule has 6 N–H and O–H groups in total. The quantitative estimate of drug-likeness (QED) is 0.0583. The van der Waals surface area contributed by atoms with Crippen molar-refractivity contribution in [1.29, 1.82) is 0 Å². The van der Waals surface area contributed by atoms with Crippen LogP contribution in [0.2, 0.25) is 0 Å². The number of para-hydroxylation sites is 2. The molecule has 2 heterocycles. The van der Waals surface area contributed by atoms with Gasteiger partial charge in [0.2, 0.25) is 17.4 Å². The average Bonchev–Trinajstić information content (AvgIpc) is 3.23. The third kappa shape index (κ3) is 11.5.